The van der Waals surface area contributed by atoms with E-state index in [1.54, 1.807) is 31.2 Å². The van der Waals surface area contributed by atoms with Gasteiger partial charge in [0.1, 0.15) is 5.82 Å². The number of anilines is 1. The van der Waals surface area contributed by atoms with Gasteiger partial charge in [-0.2, -0.15) is 13.2 Å². The van der Waals surface area contributed by atoms with Crippen molar-refractivity contribution in [3.63, 3.8) is 0 Å². The lowest BCUT2D eigenvalue weighted by atomic mass is 9.96. The Morgan fingerprint density at radius 1 is 1.03 bits per heavy atom. The second-order valence-electron chi connectivity index (χ2n) is 7.22. The van der Waals surface area contributed by atoms with Crippen molar-refractivity contribution < 1.29 is 18.3 Å². The fourth-order valence-corrected chi connectivity index (χ4v) is 3.72. The molecule has 1 heterocycles. The van der Waals surface area contributed by atoms with Crippen LogP contribution in [0.1, 0.15) is 30.0 Å². The lowest BCUT2D eigenvalue weighted by Crippen LogP contribution is -2.04. The zero-order valence-corrected chi connectivity index (χ0v) is 17.8. The van der Waals surface area contributed by atoms with Gasteiger partial charge in [0.2, 0.25) is 0 Å². The molecule has 0 saturated carbocycles. The molecular weight excluding hydrogens is 435 g/mol. The fourth-order valence-electron chi connectivity index (χ4n) is 3.35. The van der Waals surface area contributed by atoms with Crippen molar-refractivity contribution in [3.8, 4) is 11.1 Å². The Morgan fingerprint density at radius 2 is 1.78 bits per heavy atom. The van der Waals surface area contributed by atoms with Crippen LogP contribution in [0.25, 0.3) is 34.3 Å². The monoisotopic (exact) mass is 455 g/mol. The van der Waals surface area contributed by atoms with Crippen LogP contribution < -0.4 is 4.72 Å². The summed E-state index contributed by atoms with van der Waals surface area (Å²) in [6, 6.07) is 20.3. The number of fused-ring (bicyclic) bond motifs is 1. The van der Waals surface area contributed by atoms with E-state index in [1.807, 2.05) is 54.6 Å². The van der Waals surface area contributed by atoms with Crippen molar-refractivity contribution in [2.24, 2.45) is 0 Å². The molecule has 0 bridgehead atoms. The van der Waals surface area contributed by atoms with Gasteiger partial charge in [-0.3, -0.25) is 0 Å². The molecule has 0 fully saturated rings. The summed E-state index contributed by atoms with van der Waals surface area (Å²) in [6.45, 7) is 1.74. The number of hydrogen-bond acceptors (Lipinski definition) is 4. The molecule has 32 heavy (non-hydrogen) atoms. The van der Waals surface area contributed by atoms with Gasteiger partial charge >= 0.3 is 5.51 Å². The highest BCUT2D eigenvalue weighted by Gasteiger charge is 2.28. The molecule has 8 heteroatoms. The van der Waals surface area contributed by atoms with Crippen molar-refractivity contribution >= 4 is 40.8 Å². The van der Waals surface area contributed by atoms with Gasteiger partial charge in [-0.1, -0.05) is 48.5 Å². The first-order chi connectivity index (χ1) is 15.3. The minimum atomic E-state index is -4.34. The predicted octanol–water partition coefficient (Wildman–Crippen LogP) is 7.03. The van der Waals surface area contributed by atoms with Gasteiger partial charge < -0.3 is 14.8 Å². The van der Waals surface area contributed by atoms with Crippen LogP contribution in [-0.2, 0) is 0 Å². The van der Waals surface area contributed by atoms with Gasteiger partial charge in [-0.05, 0) is 59.5 Å². The molecule has 0 spiro atoms. The van der Waals surface area contributed by atoms with Crippen molar-refractivity contribution in [3.05, 3.63) is 83.7 Å². The van der Waals surface area contributed by atoms with E-state index in [2.05, 4.69) is 14.7 Å². The molecule has 4 aromatic rings. The summed E-state index contributed by atoms with van der Waals surface area (Å²) < 4.78 is 39.0. The lowest BCUT2D eigenvalue weighted by molar-refractivity contribution is -0.0323. The highest BCUT2D eigenvalue weighted by molar-refractivity contribution is 8.01. The topological polar surface area (TPSA) is 60.9 Å². The van der Waals surface area contributed by atoms with E-state index in [-0.39, 0.29) is 11.9 Å². The molecular formula is C24H20F3N3OS. The van der Waals surface area contributed by atoms with Gasteiger partial charge in [0, 0.05) is 5.69 Å². The van der Waals surface area contributed by atoms with Gasteiger partial charge in [0.05, 0.1) is 29.1 Å². The van der Waals surface area contributed by atoms with Gasteiger partial charge in [-0.25, -0.2) is 4.98 Å². The van der Waals surface area contributed by atoms with Crippen LogP contribution >= 0.6 is 11.9 Å². The summed E-state index contributed by atoms with van der Waals surface area (Å²) in [5.74, 6) is 0.663. The number of H-pyrrole nitrogens is 1. The second kappa shape index (κ2) is 9.10. The first-order valence-electron chi connectivity index (χ1n) is 9.84. The predicted molar refractivity (Wildman–Crippen MR) is 125 cm³/mol. The zero-order valence-electron chi connectivity index (χ0n) is 17.0. The van der Waals surface area contributed by atoms with Crippen LogP contribution in [0.2, 0.25) is 0 Å². The Kier molecular flexibility index (Phi) is 6.25. The number of alkyl halides is 3. The third kappa shape index (κ3) is 5.33. The number of aromatic amines is 1. The smallest absolute Gasteiger partial charge is 0.389 e. The normalized spacial score (nSPS) is 13.0. The summed E-state index contributed by atoms with van der Waals surface area (Å²) in [5, 5.41) is 10.1. The third-order valence-electron chi connectivity index (χ3n) is 4.85. The third-order valence-corrected chi connectivity index (χ3v) is 5.42. The van der Waals surface area contributed by atoms with E-state index in [0.29, 0.717) is 11.5 Å². The molecule has 1 atom stereocenters. The van der Waals surface area contributed by atoms with E-state index in [0.717, 1.165) is 33.3 Å². The molecule has 3 N–H and O–H groups in total. The lowest BCUT2D eigenvalue weighted by Gasteiger charge is -2.11. The Balaban J connectivity index is 1.52. The van der Waals surface area contributed by atoms with Crippen molar-refractivity contribution in [1.29, 1.82) is 0 Å². The minimum absolute atomic E-state index is 0.290. The Bertz CT molecular complexity index is 1250. The largest absolute Gasteiger partial charge is 0.461 e. The first-order valence-corrected chi connectivity index (χ1v) is 10.7. The van der Waals surface area contributed by atoms with Crippen LogP contribution in [0.5, 0.6) is 0 Å². The van der Waals surface area contributed by atoms with Crippen LogP contribution in [0, 0.1) is 0 Å². The maximum absolute atomic E-state index is 12.3. The molecule has 0 aliphatic heterocycles. The highest BCUT2D eigenvalue weighted by Crippen LogP contribution is 2.31. The number of aliphatic hydroxyl groups excluding tert-OH is 1. The maximum Gasteiger partial charge on any atom is 0.461 e. The molecule has 3 aromatic carbocycles. The van der Waals surface area contributed by atoms with E-state index >= 15 is 0 Å². The van der Waals surface area contributed by atoms with E-state index in [9.17, 15) is 18.3 Å². The molecule has 0 aliphatic carbocycles. The molecule has 0 amide bonds. The molecule has 1 aromatic heterocycles. The van der Waals surface area contributed by atoms with Gasteiger partial charge in [-0.15, -0.1) is 0 Å². The number of benzene rings is 3. The quantitative estimate of drug-likeness (QED) is 0.273. The number of halogens is 3. The standard InChI is InChI=1S/C24H20F3N3OS/c1-15(31)19-4-2-3-5-20(19)17-9-12-21-22(14-17)29-23(28-21)13-8-16-6-10-18(11-7-16)30-32-24(25,26)27/h2-15,30-31H,1H3,(H,28,29)/b13-8+. The second-order valence-corrected chi connectivity index (χ2v) is 8.09. The number of nitrogens with zero attached hydrogens (tertiary/aromatic N) is 1. The minimum Gasteiger partial charge on any atom is -0.389 e. The first kappa shape index (κ1) is 22.0. The number of nitrogens with one attached hydrogen (secondary N) is 2. The molecule has 1 unspecified atom stereocenters. The zero-order chi connectivity index (χ0) is 22.7. The van der Waals surface area contributed by atoms with E-state index in [1.165, 1.54) is 0 Å². The molecule has 164 valence electrons. The number of rotatable bonds is 6. The molecule has 0 aliphatic rings. The summed E-state index contributed by atoms with van der Waals surface area (Å²) in [5.41, 5.74) is 1.35. The van der Waals surface area contributed by atoms with Crippen LogP contribution in [0.4, 0.5) is 18.9 Å². The number of aromatic nitrogens is 2. The van der Waals surface area contributed by atoms with E-state index in [4.69, 9.17) is 0 Å². The van der Waals surface area contributed by atoms with Crippen LogP contribution in [-0.4, -0.2) is 20.6 Å². The molecule has 0 saturated heterocycles. The van der Waals surface area contributed by atoms with Gasteiger partial charge in [0.25, 0.3) is 0 Å². The van der Waals surface area contributed by atoms with E-state index < -0.39 is 11.6 Å². The highest BCUT2D eigenvalue weighted by atomic mass is 32.2. The Labute approximate surface area is 187 Å². The van der Waals surface area contributed by atoms with Crippen LogP contribution in [0.3, 0.4) is 0 Å². The molecule has 4 nitrogen and oxygen atoms in total. The summed E-state index contributed by atoms with van der Waals surface area (Å²) in [6.07, 6.45) is 3.08. The number of aliphatic hydroxyl groups is 1. The van der Waals surface area contributed by atoms with Gasteiger partial charge in [0.15, 0.2) is 0 Å². The summed E-state index contributed by atoms with van der Waals surface area (Å²) in [4.78, 5) is 7.83. The average molecular weight is 456 g/mol. The summed E-state index contributed by atoms with van der Waals surface area (Å²) in [7, 11) is 0. The van der Waals surface area contributed by atoms with Crippen LogP contribution in [0.15, 0.2) is 66.7 Å². The SMILES string of the molecule is CC(O)c1ccccc1-c1ccc2nc(/C=C/c3ccc(NSC(F)(F)F)cc3)[nH]c2c1. The Hall–Kier alpha value is -3.23. The molecule has 4 rings (SSSR count). The average Bonchev–Trinajstić information content (AvgIpc) is 3.18. The van der Waals surface area contributed by atoms with Crippen molar-refractivity contribution in [2.75, 3.05) is 4.72 Å². The number of imidazole rings is 1. The maximum atomic E-state index is 12.3. The Morgan fingerprint density at radius 3 is 2.50 bits per heavy atom. The van der Waals surface area contributed by atoms with Crippen molar-refractivity contribution in [2.45, 2.75) is 18.5 Å². The van der Waals surface area contributed by atoms with Crippen molar-refractivity contribution in [1.82, 2.24) is 9.97 Å². The molecule has 0 radical (unpaired) electrons. The summed E-state index contributed by atoms with van der Waals surface area (Å²) >= 11 is -0.290. The fraction of sp³-hybridized carbons (Fsp3) is 0.125. The number of hydrogen-bond donors (Lipinski definition) is 3.